The number of nitrogens with zero attached hydrogens (tertiary/aromatic N) is 2. The first-order valence-corrected chi connectivity index (χ1v) is 9.15. The summed E-state index contributed by atoms with van der Waals surface area (Å²) >= 11 is 0. The van der Waals surface area contributed by atoms with Crippen LogP contribution in [0.4, 0.5) is 13.2 Å². The van der Waals surface area contributed by atoms with Crippen molar-refractivity contribution in [3.8, 4) is 28.3 Å². The van der Waals surface area contributed by atoms with Crippen molar-refractivity contribution in [2.45, 2.75) is 13.1 Å². The Labute approximate surface area is 174 Å². The number of hydrogen-bond acceptors (Lipinski definition) is 5. The van der Waals surface area contributed by atoms with Crippen molar-refractivity contribution in [2.75, 3.05) is 14.2 Å². The predicted octanol–water partition coefficient (Wildman–Crippen LogP) is 4.99. The largest absolute Gasteiger partial charge is 0.493 e. The molecule has 0 aliphatic heterocycles. The van der Waals surface area contributed by atoms with Crippen LogP contribution in [0.1, 0.15) is 11.3 Å². The highest BCUT2D eigenvalue weighted by atomic mass is 19.4. The van der Waals surface area contributed by atoms with E-state index in [1.807, 2.05) is 19.1 Å². The van der Waals surface area contributed by atoms with Gasteiger partial charge in [0, 0.05) is 11.8 Å². The second kappa shape index (κ2) is 7.50. The standard InChI is InChI=1S/C22H17F3N2O4/c1-12-5-4-6-14(9-12)27-11-13(10-26-27)17-18(28)15-7-8-16(29-2)20(30-3)19(15)31-21(17)22(23,24)25/h4-11H,1-3H3. The van der Waals surface area contributed by atoms with Crippen LogP contribution < -0.4 is 14.9 Å². The molecule has 0 unspecified atom stereocenters. The second-order valence-corrected chi connectivity index (χ2v) is 6.82. The quantitative estimate of drug-likeness (QED) is 0.456. The lowest BCUT2D eigenvalue weighted by Crippen LogP contribution is -2.16. The Morgan fingerprint density at radius 2 is 1.87 bits per heavy atom. The molecule has 31 heavy (non-hydrogen) atoms. The molecule has 0 aliphatic rings. The Morgan fingerprint density at radius 3 is 2.52 bits per heavy atom. The van der Waals surface area contributed by atoms with Gasteiger partial charge in [-0.05, 0) is 36.8 Å². The van der Waals surface area contributed by atoms with E-state index in [1.165, 1.54) is 43.4 Å². The van der Waals surface area contributed by atoms with Gasteiger partial charge in [0.15, 0.2) is 11.3 Å². The number of rotatable bonds is 4. The monoisotopic (exact) mass is 430 g/mol. The zero-order chi connectivity index (χ0) is 22.3. The van der Waals surface area contributed by atoms with Crippen molar-refractivity contribution in [1.29, 1.82) is 0 Å². The maximum absolute atomic E-state index is 13.9. The van der Waals surface area contributed by atoms with Crippen LogP contribution in [0.3, 0.4) is 0 Å². The Kier molecular flexibility index (Phi) is 4.96. The third-order valence-electron chi connectivity index (χ3n) is 4.80. The van der Waals surface area contributed by atoms with Crippen molar-refractivity contribution >= 4 is 11.0 Å². The first-order valence-electron chi connectivity index (χ1n) is 9.15. The molecule has 0 amide bonds. The van der Waals surface area contributed by atoms with Crippen molar-refractivity contribution in [1.82, 2.24) is 9.78 Å². The summed E-state index contributed by atoms with van der Waals surface area (Å²) in [5.74, 6) is -1.38. The van der Waals surface area contributed by atoms with Crippen LogP contribution in [0.15, 0.2) is 58.0 Å². The Hall–Kier alpha value is -3.75. The molecular formula is C22H17F3N2O4. The highest BCUT2D eigenvalue weighted by Gasteiger charge is 2.40. The molecule has 4 rings (SSSR count). The van der Waals surface area contributed by atoms with Crippen LogP contribution in [-0.2, 0) is 6.18 Å². The summed E-state index contributed by atoms with van der Waals surface area (Å²) in [6.45, 7) is 1.88. The summed E-state index contributed by atoms with van der Waals surface area (Å²) in [7, 11) is 2.59. The average Bonchev–Trinajstić information content (AvgIpc) is 3.21. The molecular weight excluding hydrogens is 413 g/mol. The van der Waals surface area contributed by atoms with E-state index in [-0.39, 0.29) is 28.0 Å². The van der Waals surface area contributed by atoms with Gasteiger partial charge in [0.05, 0.1) is 37.1 Å². The van der Waals surface area contributed by atoms with Crippen molar-refractivity contribution < 1.29 is 27.1 Å². The number of ether oxygens (including phenoxy) is 2. The molecule has 2 aromatic heterocycles. The molecule has 0 fully saturated rings. The molecule has 0 N–H and O–H groups in total. The van der Waals surface area contributed by atoms with E-state index >= 15 is 0 Å². The van der Waals surface area contributed by atoms with E-state index in [9.17, 15) is 18.0 Å². The van der Waals surface area contributed by atoms with E-state index in [4.69, 9.17) is 13.9 Å². The van der Waals surface area contributed by atoms with Crippen LogP contribution in [0.2, 0.25) is 0 Å². The minimum Gasteiger partial charge on any atom is -0.493 e. The molecule has 0 spiro atoms. The van der Waals surface area contributed by atoms with E-state index in [0.29, 0.717) is 5.69 Å². The fourth-order valence-electron chi connectivity index (χ4n) is 3.40. The number of fused-ring (bicyclic) bond motifs is 1. The first-order chi connectivity index (χ1) is 14.7. The molecule has 0 aliphatic carbocycles. The number of aryl methyl sites for hydroxylation is 1. The van der Waals surface area contributed by atoms with Crippen LogP contribution in [0, 0.1) is 6.92 Å². The average molecular weight is 430 g/mol. The van der Waals surface area contributed by atoms with Crippen molar-refractivity contribution in [3.05, 3.63) is 70.3 Å². The molecule has 9 heteroatoms. The van der Waals surface area contributed by atoms with Crippen LogP contribution in [0.5, 0.6) is 11.5 Å². The smallest absolute Gasteiger partial charge is 0.450 e. The zero-order valence-corrected chi connectivity index (χ0v) is 16.8. The normalized spacial score (nSPS) is 11.7. The maximum atomic E-state index is 13.9. The van der Waals surface area contributed by atoms with Gasteiger partial charge in [0.25, 0.3) is 0 Å². The third kappa shape index (κ3) is 3.52. The lowest BCUT2D eigenvalue weighted by Gasteiger charge is -2.14. The first kappa shape index (κ1) is 20.5. The van der Waals surface area contributed by atoms with Crippen LogP contribution in [-0.4, -0.2) is 24.0 Å². The molecule has 0 bridgehead atoms. The van der Waals surface area contributed by atoms with Gasteiger partial charge in [-0.2, -0.15) is 18.3 Å². The Bertz CT molecular complexity index is 1340. The predicted molar refractivity (Wildman–Crippen MR) is 108 cm³/mol. The molecule has 2 heterocycles. The zero-order valence-electron chi connectivity index (χ0n) is 16.8. The number of hydrogen-bond donors (Lipinski definition) is 0. The van der Waals surface area contributed by atoms with Gasteiger partial charge < -0.3 is 13.9 Å². The van der Waals surface area contributed by atoms with Gasteiger partial charge >= 0.3 is 6.18 Å². The minimum absolute atomic E-state index is 0.0146. The van der Waals surface area contributed by atoms with E-state index in [0.717, 1.165) is 5.56 Å². The summed E-state index contributed by atoms with van der Waals surface area (Å²) in [6.07, 6.45) is -2.36. The van der Waals surface area contributed by atoms with Gasteiger partial charge in [0.2, 0.25) is 16.9 Å². The van der Waals surface area contributed by atoms with E-state index < -0.39 is 22.9 Å². The Morgan fingerprint density at radius 1 is 1.10 bits per heavy atom. The summed E-state index contributed by atoms with van der Waals surface area (Å²) < 4.78 is 58.6. The summed E-state index contributed by atoms with van der Waals surface area (Å²) in [6, 6.07) is 10.0. The van der Waals surface area contributed by atoms with Crippen LogP contribution >= 0.6 is 0 Å². The van der Waals surface area contributed by atoms with Gasteiger partial charge in [-0.1, -0.05) is 12.1 Å². The highest BCUT2D eigenvalue weighted by Crippen LogP contribution is 2.41. The molecule has 0 saturated heterocycles. The molecule has 160 valence electrons. The van der Waals surface area contributed by atoms with E-state index in [1.54, 1.807) is 12.1 Å². The van der Waals surface area contributed by atoms with Gasteiger partial charge in [-0.3, -0.25) is 4.79 Å². The van der Waals surface area contributed by atoms with Crippen LogP contribution in [0.25, 0.3) is 27.8 Å². The van der Waals surface area contributed by atoms with Gasteiger partial charge in [0.1, 0.15) is 0 Å². The fraction of sp³-hybridized carbons (Fsp3) is 0.182. The molecule has 2 aromatic carbocycles. The number of methoxy groups -OCH3 is 2. The SMILES string of the molecule is COc1ccc2c(=O)c(-c3cnn(-c4cccc(C)c4)c3)c(C(F)(F)F)oc2c1OC. The van der Waals surface area contributed by atoms with Gasteiger partial charge in [-0.25, -0.2) is 4.68 Å². The second-order valence-electron chi connectivity index (χ2n) is 6.82. The van der Waals surface area contributed by atoms with Crippen molar-refractivity contribution in [2.24, 2.45) is 0 Å². The molecule has 0 saturated carbocycles. The minimum atomic E-state index is -4.93. The number of aromatic nitrogens is 2. The topological polar surface area (TPSA) is 66.5 Å². The highest BCUT2D eigenvalue weighted by molar-refractivity contribution is 5.89. The molecule has 4 aromatic rings. The fourth-order valence-corrected chi connectivity index (χ4v) is 3.40. The molecule has 6 nitrogen and oxygen atoms in total. The number of benzene rings is 2. The number of halogens is 3. The summed E-state index contributed by atoms with van der Waals surface area (Å²) in [4.78, 5) is 13.2. The van der Waals surface area contributed by atoms with E-state index in [2.05, 4.69) is 5.10 Å². The summed E-state index contributed by atoms with van der Waals surface area (Å²) in [5, 5.41) is 4.07. The molecule has 0 radical (unpaired) electrons. The third-order valence-corrected chi connectivity index (χ3v) is 4.80. The maximum Gasteiger partial charge on any atom is 0.450 e. The Balaban J connectivity index is 2.00. The summed E-state index contributed by atoms with van der Waals surface area (Å²) in [5.41, 5.74) is -0.217. The number of alkyl halides is 3. The lowest BCUT2D eigenvalue weighted by molar-refractivity contribution is -0.152. The molecule has 0 atom stereocenters. The lowest BCUT2D eigenvalue weighted by atomic mass is 10.0. The van der Waals surface area contributed by atoms with Crippen molar-refractivity contribution in [3.63, 3.8) is 0 Å². The van der Waals surface area contributed by atoms with Gasteiger partial charge in [-0.15, -0.1) is 0 Å².